The number of nitrogens with zero attached hydrogens (tertiary/aromatic N) is 1. The average molecular weight is 303 g/mol. The highest BCUT2D eigenvalue weighted by Crippen LogP contribution is 2.25. The Morgan fingerprint density at radius 3 is 2.23 bits per heavy atom. The van der Waals surface area contributed by atoms with Crippen LogP contribution in [-0.4, -0.2) is 0 Å². The quantitative estimate of drug-likeness (QED) is 0.675. The molecule has 0 aliphatic carbocycles. The van der Waals surface area contributed by atoms with Crippen LogP contribution < -0.4 is 0 Å². The van der Waals surface area contributed by atoms with Crippen LogP contribution in [0, 0.1) is 29.0 Å². The molecule has 0 N–H and O–H groups in total. The molecule has 1 rings (SSSR count). The molecule has 0 atom stereocenters. The zero-order valence-electron chi connectivity index (χ0n) is 6.24. The lowest BCUT2D eigenvalue weighted by Crippen LogP contribution is -1.83. The first kappa shape index (κ1) is 10.2. The molecule has 0 spiro atoms. The molecule has 1 aromatic rings. The highest BCUT2D eigenvalue weighted by molar-refractivity contribution is 9.11. The van der Waals surface area contributed by atoms with E-state index in [1.165, 1.54) is 12.1 Å². The molecule has 0 saturated carbocycles. The van der Waals surface area contributed by atoms with Gasteiger partial charge in [0.1, 0.15) is 5.82 Å². The Balaban J connectivity index is 3.31. The van der Waals surface area contributed by atoms with Gasteiger partial charge in [0.25, 0.3) is 0 Å². The van der Waals surface area contributed by atoms with E-state index in [1.807, 2.05) is 0 Å². The number of benzene rings is 1. The van der Waals surface area contributed by atoms with Crippen molar-refractivity contribution in [3.8, 4) is 17.9 Å². The fraction of sp³-hybridized carbons (Fsp3) is 0. The van der Waals surface area contributed by atoms with E-state index in [4.69, 9.17) is 5.26 Å². The van der Waals surface area contributed by atoms with Crippen LogP contribution in [0.3, 0.4) is 0 Å². The van der Waals surface area contributed by atoms with Crippen LogP contribution in [0.15, 0.2) is 21.1 Å². The van der Waals surface area contributed by atoms with Crippen molar-refractivity contribution in [2.75, 3.05) is 0 Å². The monoisotopic (exact) mass is 301 g/mol. The first-order chi connectivity index (χ1) is 6.15. The molecule has 0 amide bonds. The first-order valence-corrected chi connectivity index (χ1v) is 4.78. The van der Waals surface area contributed by atoms with Crippen molar-refractivity contribution in [1.29, 1.82) is 5.26 Å². The molecule has 1 aromatic carbocycles. The molecule has 64 valence electrons. The van der Waals surface area contributed by atoms with Crippen molar-refractivity contribution in [2.45, 2.75) is 0 Å². The second-order valence-corrected chi connectivity index (χ2v) is 3.81. The molecule has 13 heavy (non-hydrogen) atoms. The van der Waals surface area contributed by atoms with E-state index in [-0.39, 0.29) is 5.82 Å². The minimum Gasteiger partial charge on any atom is -0.207 e. The van der Waals surface area contributed by atoms with E-state index >= 15 is 0 Å². The van der Waals surface area contributed by atoms with Crippen LogP contribution in [0.4, 0.5) is 4.39 Å². The molecule has 0 aromatic heterocycles. The summed E-state index contributed by atoms with van der Waals surface area (Å²) in [4.78, 5) is 0. The number of nitriles is 1. The van der Waals surface area contributed by atoms with Crippen LogP contribution in [-0.2, 0) is 0 Å². The summed E-state index contributed by atoms with van der Waals surface area (Å²) in [6, 6.07) is 4.28. The number of halogens is 3. The van der Waals surface area contributed by atoms with Gasteiger partial charge < -0.3 is 0 Å². The summed E-state index contributed by atoms with van der Waals surface area (Å²) >= 11 is 6.29. The molecule has 0 radical (unpaired) electrons. The lowest BCUT2D eigenvalue weighted by atomic mass is 10.2. The van der Waals surface area contributed by atoms with Crippen molar-refractivity contribution in [3.05, 3.63) is 32.5 Å². The largest absolute Gasteiger partial charge is 0.207 e. The van der Waals surface area contributed by atoms with Gasteiger partial charge in [-0.1, -0.05) is 0 Å². The molecule has 0 fully saturated rings. The predicted molar refractivity (Wildman–Crippen MR) is 54.3 cm³/mol. The Bertz CT molecular complexity index is 414. The SMILES string of the molecule is N#CC#Cc1c(Br)cc(F)cc1Br. The van der Waals surface area contributed by atoms with E-state index in [0.717, 1.165) is 0 Å². The van der Waals surface area contributed by atoms with Crippen LogP contribution >= 0.6 is 31.9 Å². The zero-order chi connectivity index (χ0) is 9.84. The number of hydrogen-bond acceptors (Lipinski definition) is 1. The maximum Gasteiger partial charge on any atom is 0.152 e. The molecular formula is C9H2Br2FN. The molecule has 0 aliphatic heterocycles. The standard InChI is InChI=1S/C9H2Br2FN/c10-8-4-6(12)5-9(11)7(8)2-1-3-13/h4-5H. The van der Waals surface area contributed by atoms with E-state index < -0.39 is 0 Å². The molecule has 0 bridgehead atoms. The summed E-state index contributed by atoms with van der Waals surface area (Å²) in [5, 5.41) is 8.24. The van der Waals surface area contributed by atoms with Gasteiger partial charge in [-0.25, -0.2) is 4.39 Å². The van der Waals surface area contributed by atoms with Crippen molar-refractivity contribution >= 4 is 31.9 Å². The van der Waals surface area contributed by atoms with Gasteiger partial charge >= 0.3 is 0 Å². The molecular weight excluding hydrogens is 301 g/mol. The Hall–Kier alpha value is -0.840. The Labute approximate surface area is 91.8 Å². The van der Waals surface area contributed by atoms with Gasteiger partial charge in [-0.2, -0.15) is 5.26 Å². The van der Waals surface area contributed by atoms with Gasteiger partial charge in [0.05, 0.1) is 5.56 Å². The number of rotatable bonds is 0. The van der Waals surface area contributed by atoms with Crippen molar-refractivity contribution in [2.24, 2.45) is 0 Å². The van der Waals surface area contributed by atoms with Gasteiger partial charge in [0.15, 0.2) is 6.07 Å². The third kappa shape index (κ3) is 2.55. The van der Waals surface area contributed by atoms with E-state index in [9.17, 15) is 4.39 Å². The van der Waals surface area contributed by atoms with Crippen molar-refractivity contribution in [1.82, 2.24) is 0 Å². The van der Waals surface area contributed by atoms with E-state index in [2.05, 4.69) is 43.7 Å². The van der Waals surface area contributed by atoms with Gasteiger partial charge in [0, 0.05) is 14.9 Å². The van der Waals surface area contributed by atoms with Crippen LogP contribution in [0.1, 0.15) is 5.56 Å². The van der Waals surface area contributed by atoms with Crippen LogP contribution in [0.5, 0.6) is 0 Å². The third-order valence-electron chi connectivity index (χ3n) is 1.25. The molecule has 0 aliphatic rings. The Kier molecular flexibility index (Phi) is 3.48. The fourth-order valence-electron chi connectivity index (χ4n) is 0.752. The molecule has 0 unspecified atom stereocenters. The minimum absolute atomic E-state index is 0.360. The maximum atomic E-state index is 12.8. The molecule has 0 saturated heterocycles. The average Bonchev–Trinajstić information content (AvgIpc) is 2.02. The summed E-state index contributed by atoms with van der Waals surface area (Å²) in [6.45, 7) is 0. The maximum absolute atomic E-state index is 12.8. The van der Waals surface area contributed by atoms with E-state index in [1.54, 1.807) is 6.07 Å². The topological polar surface area (TPSA) is 23.8 Å². The smallest absolute Gasteiger partial charge is 0.152 e. The molecule has 1 nitrogen and oxygen atoms in total. The summed E-state index contributed by atoms with van der Waals surface area (Å²) < 4.78 is 13.8. The number of hydrogen-bond donors (Lipinski definition) is 0. The fourth-order valence-corrected chi connectivity index (χ4v) is 2.08. The zero-order valence-corrected chi connectivity index (χ0v) is 9.41. The minimum atomic E-state index is -0.360. The summed E-state index contributed by atoms with van der Waals surface area (Å²) in [6.07, 6.45) is 0. The second-order valence-electron chi connectivity index (χ2n) is 2.11. The third-order valence-corrected chi connectivity index (χ3v) is 2.50. The predicted octanol–water partition coefficient (Wildman–Crippen LogP) is 3.23. The summed E-state index contributed by atoms with van der Waals surface area (Å²) in [5.74, 6) is 4.47. The van der Waals surface area contributed by atoms with Gasteiger partial charge in [0.2, 0.25) is 0 Å². The van der Waals surface area contributed by atoms with Gasteiger partial charge in [-0.05, 0) is 49.9 Å². The van der Waals surface area contributed by atoms with Crippen molar-refractivity contribution in [3.63, 3.8) is 0 Å². The van der Waals surface area contributed by atoms with Crippen LogP contribution in [0.2, 0.25) is 0 Å². The van der Waals surface area contributed by atoms with E-state index in [0.29, 0.717) is 14.5 Å². The van der Waals surface area contributed by atoms with Gasteiger partial charge in [-0.3, -0.25) is 0 Å². The first-order valence-electron chi connectivity index (χ1n) is 3.20. The highest BCUT2D eigenvalue weighted by atomic mass is 79.9. The normalized spacial score (nSPS) is 8.46. The summed E-state index contributed by atoms with van der Waals surface area (Å²) in [7, 11) is 0. The lowest BCUT2D eigenvalue weighted by molar-refractivity contribution is 0.626. The van der Waals surface area contributed by atoms with Crippen molar-refractivity contribution < 1.29 is 4.39 Å². The Morgan fingerprint density at radius 2 is 1.77 bits per heavy atom. The van der Waals surface area contributed by atoms with Gasteiger partial charge in [-0.15, -0.1) is 0 Å². The summed E-state index contributed by atoms with van der Waals surface area (Å²) in [5.41, 5.74) is 0.572. The lowest BCUT2D eigenvalue weighted by Gasteiger charge is -1.99. The second kappa shape index (κ2) is 4.41. The Morgan fingerprint density at radius 1 is 1.23 bits per heavy atom. The van der Waals surface area contributed by atoms with Crippen LogP contribution in [0.25, 0.3) is 0 Å². The molecule has 4 heteroatoms. The highest BCUT2D eigenvalue weighted by Gasteiger charge is 2.04. The molecule has 0 heterocycles.